The van der Waals surface area contributed by atoms with Gasteiger partial charge in [0.15, 0.2) is 0 Å². The molecule has 0 amide bonds. The van der Waals surface area contributed by atoms with Crippen molar-refractivity contribution in [2.24, 2.45) is 0 Å². The summed E-state index contributed by atoms with van der Waals surface area (Å²) >= 11 is 0. The summed E-state index contributed by atoms with van der Waals surface area (Å²) in [6, 6.07) is 0. The van der Waals surface area contributed by atoms with Gasteiger partial charge < -0.3 is 4.74 Å². The van der Waals surface area contributed by atoms with Crippen LogP contribution in [0.25, 0.3) is 0 Å². The molecule has 0 unspecified atom stereocenters. The smallest absolute Gasteiger partial charge is 0.236 e. The van der Waals surface area contributed by atoms with Crippen LogP contribution in [0.15, 0.2) is 0 Å². The highest BCUT2D eigenvalue weighted by atomic mass is 32.2. The molecule has 1 aliphatic heterocycles. The van der Waals surface area contributed by atoms with Crippen LogP contribution in [-0.4, -0.2) is 33.5 Å². The Bertz CT molecular complexity index is 233. The Balaban J connectivity index is 2.47. The van der Waals surface area contributed by atoms with Crippen molar-refractivity contribution < 1.29 is 18.0 Å². The van der Waals surface area contributed by atoms with E-state index in [-0.39, 0.29) is 5.25 Å². The molecule has 0 atom stereocenters. The lowest BCUT2D eigenvalue weighted by atomic mass is 10.2. The molecule has 0 aromatic heterocycles. The van der Waals surface area contributed by atoms with Gasteiger partial charge in [-0.15, -0.1) is 0 Å². The number of ether oxygens (including phenoxy) is 1. The number of sulfonamides is 1. The third-order valence-corrected chi connectivity index (χ3v) is 3.63. The summed E-state index contributed by atoms with van der Waals surface area (Å²) in [6.45, 7) is 3.09. The molecule has 1 heterocycles. The summed E-state index contributed by atoms with van der Waals surface area (Å²) in [5.41, 5.74) is 0. The van der Waals surface area contributed by atoms with Crippen molar-refractivity contribution in [1.82, 2.24) is 4.89 Å². The second kappa shape index (κ2) is 4.90. The quantitative estimate of drug-likeness (QED) is 0.664. The molecular formula is C7H15NO4S. The molecule has 1 saturated heterocycles. The van der Waals surface area contributed by atoms with Crippen molar-refractivity contribution >= 4 is 10.0 Å². The summed E-state index contributed by atoms with van der Waals surface area (Å²) in [5, 5.41) is -0.368. The Hall–Kier alpha value is -0.170. The van der Waals surface area contributed by atoms with E-state index < -0.39 is 10.0 Å². The Morgan fingerprint density at radius 2 is 2.08 bits per heavy atom. The van der Waals surface area contributed by atoms with Gasteiger partial charge in [0.2, 0.25) is 10.0 Å². The second-order valence-corrected chi connectivity index (χ2v) is 4.80. The van der Waals surface area contributed by atoms with Crippen LogP contribution >= 0.6 is 0 Å². The molecule has 0 aliphatic carbocycles. The summed E-state index contributed by atoms with van der Waals surface area (Å²) in [5.74, 6) is 0. The normalized spacial score (nSPS) is 20.4. The van der Waals surface area contributed by atoms with E-state index in [1.54, 1.807) is 6.92 Å². The van der Waals surface area contributed by atoms with E-state index in [9.17, 15) is 8.42 Å². The van der Waals surface area contributed by atoms with Gasteiger partial charge in [0.25, 0.3) is 0 Å². The molecular weight excluding hydrogens is 194 g/mol. The van der Waals surface area contributed by atoms with Gasteiger partial charge in [-0.1, -0.05) is 4.89 Å². The summed E-state index contributed by atoms with van der Waals surface area (Å²) < 4.78 is 28.0. The number of nitrogens with one attached hydrogen (secondary N) is 1. The van der Waals surface area contributed by atoms with E-state index in [0.717, 1.165) is 0 Å². The Kier molecular flexibility index (Phi) is 4.11. The van der Waals surface area contributed by atoms with Gasteiger partial charge in [-0.05, 0) is 19.8 Å². The molecule has 0 aromatic carbocycles. The molecule has 0 bridgehead atoms. The largest absolute Gasteiger partial charge is 0.381 e. The van der Waals surface area contributed by atoms with Gasteiger partial charge in [-0.25, -0.2) is 8.42 Å². The Labute approximate surface area is 78.4 Å². The molecule has 13 heavy (non-hydrogen) atoms. The molecule has 1 N–H and O–H groups in total. The van der Waals surface area contributed by atoms with E-state index >= 15 is 0 Å². The zero-order valence-electron chi connectivity index (χ0n) is 7.65. The maximum absolute atomic E-state index is 11.5. The first-order valence-corrected chi connectivity index (χ1v) is 5.91. The predicted molar refractivity (Wildman–Crippen MR) is 47.5 cm³/mol. The van der Waals surface area contributed by atoms with E-state index in [1.165, 1.54) is 0 Å². The lowest BCUT2D eigenvalue weighted by molar-refractivity contribution is 0.0875. The predicted octanol–water partition coefficient (Wildman–Crippen LogP) is 0.0363. The molecule has 0 spiro atoms. The second-order valence-electron chi connectivity index (χ2n) is 2.87. The van der Waals surface area contributed by atoms with Gasteiger partial charge in [0.05, 0.1) is 11.9 Å². The third kappa shape index (κ3) is 3.22. The van der Waals surface area contributed by atoms with E-state index in [1.807, 2.05) is 0 Å². The lowest BCUT2D eigenvalue weighted by Crippen LogP contribution is -2.37. The van der Waals surface area contributed by atoms with Crippen molar-refractivity contribution in [3.63, 3.8) is 0 Å². The van der Waals surface area contributed by atoms with Crippen LogP contribution in [0.2, 0.25) is 0 Å². The fourth-order valence-corrected chi connectivity index (χ4v) is 2.43. The molecule has 0 radical (unpaired) electrons. The average Bonchev–Trinajstić information content (AvgIpc) is 2.16. The topological polar surface area (TPSA) is 64.6 Å². The maximum atomic E-state index is 11.5. The first-order chi connectivity index (χ1) is 6.17. The summed E-state index contributed by atoms with van der Waals surface area (Å²) in [4.78, 5) is 6.77. The summed E-state index contributed by atoms with van der Waals surface area (Å²) in [7, 11) is -3.30. The molecule has 6 heteroatoms. The first kappa shape index (κ1) is 10.9. The molecule has 1 aliphatic rings. The minimum absolute atomic E-state index is 0.336. The van der Waals surface area contributed by atoms with Gasteiger partial charge >= 0.3 is 0 Å². The molecule has 0 saturated carbocycles. The van der Waals surface area contributed by atoms with Gasteiger partial charge in [0, 0.05) is 13.2 Å². The molecule has 0 aromatic rings. The van der Waals surface area contributed by atoms with E-state index in [2.05, 4.69) is 9.72 Å². The van der Waals surface area contributed by atoms with Crippen molar-refractivity contribution in [2.45, 2.75) is 25.0 Å². The Morgan fingerprint density at radius 1 is 1.46 bits per heavy atom. The van der Waals surface area contributed by atoms with Gasteiger partial charge in [-0.3, -0.25) is 4.84 Å². The standard InChI is InChI=1S/C7H15NO4S/c1-2-12-8-13(9,10)7-3-5-11-6-4-7/h7-8H,2-6H2,1H3. The first-order valence-electron chi connectivity index (χ1n) is 4.37. The SMILES string of the molecule is CCONS(=O)(=O)C1CCOCC1. The van der Waals surface area contributed by atoms with Crippen LogP contribution in [0.5, 0.6) is 0 Å². The Morgan fingerprint density at radius 3 is 2.62 bits per heavy atom. The van der Waals surface area contributed by atoms with Crippen LogP contribution in [0.4, 0.5) is 0 Å². The minimum atomic E-state index is -3.30. The number of hydrogen-bond donors (Lipinski definition) is 1. The van der Waals surface area contributed by atoms with Gasteiger partial charge in [0.1, 0.15) is 0 Å². The fourth-order valence-electron chi connectivity index (χ4n) is 1.20. The fraction of sp³-hybridized carbons (Fsp3) is 1.00. The van der Waals surface area contributed by atoms with Crippen molar-refractivity contribution in [3.05, 3.63) is 0 Å². The number of rotatable bonds is 4. The highest BCUT2D eigenvalue weighted by molar-refractivity contribution is 7.89. The van der Waals surface area contributed by atoms with Crippen molar-refractivity contribution in [2.75, 3.05) is 19.8 Å². The van der Waals surface area contributed by atoms with Crippen LogP contribution in [-0.2, 0) is 19.6 Å². The molecule has 1 fully saturated rings. The molecule has 78 valence electrons. The third-order valence-electron chi connectivity index (χ3n) is 1.93. The van der Waals surface area contributed by atoms with Crippen LogP contribution in [0.1, 0.15) is 19.8 Å². The van der Waals surface area contributed by atoms with Crippen LogP contribution < -0.4 is 4.89 Å². The highest BCUT2D eigenvalue weighted by Gasteiger charge is 2.27. The minimum Gasteiger partial charge on any atom is -0.381 e. The van der Waals surface area contributed by atoms with E-state index in [0.29, 0.717) is 32.7 Å². The van der Waals surface area contributed by atoms with Crippen LogP contribution in [0, 0.1) is 0 Å². The summed E-state index contributed by atoms with van der Waals surface area (Å²) in [6.07, 6.45) is 1.09. The molecule has 5 nitrogen and oxygen atoms in total. The van der Waals surface area contributed by atoms with Crippen LogP contribution in [0.3, 0.4) is 0 Å². The highest BCUT2D eigenvalue weighted by Crippen LogP contribution is 2.14. The van der Waals surface area contributed by atoms with E-state index in [4.69, 9.17) is 4.74 Å². The maximum Gasteiger partial charge on any atom is 0.236 e. The van der Waals surface area contributed by atoms with Crippen molar-refractivity contribution in [1.29, 1.82) is 0 Å². The number of hydrogen-bond acceptors (Lipinski definition) is 4. The zero-order valence-corrected chi connectivity index (χ0v) is 8.47. The lowest BCUT2D eigenvalue weighted by Gasteiger charge is -2.21. The monoisotopic (exact) mass is 209 g/mol. The average molecular weight is 209 g/mol. The van der Waals surface area contributed by atoms with Crippen molar-refractivity contribution in [3.8, 4) is 0 Å². The zero-order chi connectivity index (χ0) is 9.73. The molecule has 1 rings (SSSR count). The van der Waals surface area contributed by atoms with Gasteiger partial charge in [-0.2, -0.15) is 0 Å².